The lowest BCUT2D eigenvalue weighted by Crippen LogP contribution is -2.09. The number of aromatic nitrogens is 4. The van der Waals surface area contributed by atoms with Gasteiger partial charge in [-0.25, -0.2) is 15.8 Å². The van der Waals surface area contributed by atoms with E-state index < -0.39 is 0 Å². The molecule has 3 heterocycles. The number of nitrogens with two attached hydrogens (primary N) is 1. The number of hydrogen-bond donors (Lipinski definition) is 2. The van der Waals surface area contributed by atoms with Crippen molar-refractivity contribution < 1.29 is 0 Å². The van der Waals surface area contributed by atoms with Crippen molar-refractivity contribution in [2.75, 3.05) is 5.43 Å². The Hall–Kier alpha value is -1.99. The highest BCUT2D eigenvalue weighted by molar-refractivity contribution is 7.18. The van der Waals surface area contributed by atoms with Crippen LogP contribution in [0.5, 0.6) is 0 Å². The Morgan fingerprint density at radius 1 is 1.39 bits per heavy atom. The third-order valence-electron chi connectivity index (χ3n) is 2.62. The second-order valence-corrected chi connectivity index (χ2v) is 5.25. The first-order chi connectivity index (χ1) is 8.67. The number of nitrogens with zero attached hydrogens (tertiary/aromatic N) is 4. The standard InChI is InChI=1S/C11H12N6S/c1-6-3-8-10(16-12)14-9(15-11(8)18-6)7-4-13-17(2)5-7/h3-5H,12H2,1-2H3,(H,14,15,16). The molecule has 0 aliphatic heterocycles. The van der Waals surface area contributed by atoms with Gasteiger partial charge < -0.3 is 5.43 Å². The van der Waals surface area contributed by atoms with Gasteiger partial charge in [0.15, 0.2) is 11.6 Å². The SMILES string of the molecule is Cc1cc2c(NN)nc(-c3cnn(C)c3)nc2s1. The molecule has 18 heavy (non-hydrogen) atoms. The predicted molar refractivity (Wildman–Crippen MR) is 72.2 cm³/mol. The van der Waals surface area contributed by atoms with Gasteiger partial charge in [-0.2, -0.15) is 5.10 Å². The van der Waals surface area contributed by atoms with E-state index in [1.54, 1.807) is 22.2 Å². The summed E-state index contributed by atoms with van der Waals surface area (Å²) in [7, 11) is 1.86. The molecular formula is C11H12N6S. The Balaban J connectivity index is 2.24. The van der Waals surface area contributed by atoms with Crippen LogP contribution in [0.4, 0.5) is 5.82 Å². The van der Waals surface area contributed by atoms with E-state index in [4.69, 9.17) is 5.84 Å². The summed E-state index contributed by atoms with van der Waals surface area (Å²) >= 11 is 1.62. The predicted octanol–water partition coefficient (Wildman–Crippen LogP) is 1.69. The molecule has 0 saturated carbocycles. The maximum Gasteiger partial charge on any atom is 0.166 e. The lowest BCUT2D eigenvalue weighted by Gasteiger charge is -2.03. The number of fused-ring (bicyclic) bond motifs is 1. The quantitative estimate of drug-likeness (QED) is 0.541. The number of hydrogen-bond acceptors (Lipinski definition) is 6. The number of hydrazine groups is 1. The van der Waals surface area contributed by atoms with E-state index in [1.807, 2.05) is 26.2 Å². The van der Waals surface area contributed by atoms with Crippen molar-refractivity contribution in [1.29, 1.82) is 0 Å². The molecule has 3 N–H and O–H groups in total. The van der Waals surface area contributed by atoms with E-state index >= 15 is 0 Å². The summed E-state index contributed by atoms with van der Waals surface area (Å²) < 4.78 is 1.72. The van der Waals surface area contributed by atoms with Crippen LogP contribution < -0.4 is 11.3 Å². The van der Waals surface area contributed by atoms with E-state index in [9.17, 15) is 0 Å². The van der Waals surface area contributed by atoms with Crippen LogP contribution in [0.3, 0.4) is 0 Å². The Bertz CT molecular complexity index is 713. The molecule has 3 rings (SSSR count). The highest BCUT2D eigenvalue weighted by atomic mass is 32.1. The molecule has 3 aromatic rings. The Labute approximate surface area is 107 Å². The van der Waals surface area contributed by atoms with Crippen LogP contribution in [0, 0.1) is 6.92 Å². The van der Waals surface area contributed by atoms with Crippen molar-refractivity contribution in [2.45, 2.75) is 6.92 Å². The minimum absolute atomic E-state index is 0.630. The van der Waals surface area contributed by atoms with Crippen LogP contribution in [-0.4, -0.2) is 19.7 Å². The van der Waals surface area contributed by atoms with Gasteiger partial charge in [0, 0.05) is 18.1 Å². The van der Waals surface area contributed by atoms with Gasteiger partial charge in [-0.15, -0.1) is 11.3 Å². The summed E-state index contributed by atoms with van der Waals surface area (Å²) in [5.74, 6) is 6.79. The van der Waals surface area contributed by atoms with Gasteiger partial charge in [-0.3, -0.25) is 4.68 Å². The number of rotatable bonds is 2. The fourth-order valence-electron chi connectivity index (χ4n) is 1.82. The molecule has 0 bridgehead atoms. The van der Waals surface area contributed by atoms with Gasteiger partial charge in [0.1, 0.15) is 4.83 Å². The molecule has 0 spiro atoms. The maximum atomic E-state index is 5.52. The van der Waals surface area contributed by atoms with Gasteiger partial charge in [-0.05, 0) is 13.0 Å². The first-order valence-electron chi connectivity index (χ1n) is 5.41. The van der Waals surface area contributed by atoms with Crippen LogP contribution >= 0.6 is 11.3 Å². The second-order valence-electron chi connectivity index (χ2n) is 4.02. The van der Waals surface area contributed by atoms with E-state index in [0.29, 0.717) is 11.6 Å². The molecule has 0 unspecified atom stereocenters. The molecule has 0 saturated heterocycles. The third-order valence-corrected chi connectivity index (χ3v) is 3.56. The first kappa shape index (κ1) is 11.1. The lowest BCUT2D eigenvalue weighted by atomic mass is 10.3. The first-order valence-corrected chi connectivity index (χ1v) is 6.23. The van der Waals surface area contributed by atoms with Crippen LogP contribution in [-0.2, 0) is 7.05 Å². The molecule has 0 amide bonds. The summed E-state index contributed by atoms with van der Waals surface area (Å²) in [6, 6.07) is 2.03. The minimum atomic E-state index is 0.630. The van der Waals surface area contributed by atoms with E-state index in [-0.39, 0.29) is 0 Å². The van der Waals surface area contributed by atoms with Crippen LogP contribution in [0.15, 0.2) is 18.5 Å². The topological polar surface area (TPSA) is 81.6 Å². The molecule has 0 atom stereocenters. The zero-order valence-electron chi connectivity index (χ0n) is 10.0. The lowest BCUT2D eigenvalue weighted by molar-refractivity contribution is 0.768. The highest BCUT2D eigenvalue weighted by Gasteiger charge is 2.12. The molecule has 0 aliphatic carbocycles. The molecule has 0 aromatic carbocycles. The van der Waals surface area contributed by atoms with Gasteiger partial charge in [-0.1, -0.05) is 0 Å². The molecule has 3 aromatic heterocycles. The zero-order valence-corrected chi connectivity index (χ0v) is 10.8. The monoisotopic (exact) mass is 260 g/mol. The zero-order chi connectivity index (χ0) is 12.7. The summed E-state index contributed by atoms with van der Waals surface area (Å²) in [5, 5.41) is 5.07. The Morgan fingerprint density at radius 3 is 2.89 bits per heavy atom. The minimum Gasteiger partial charge on any atom is -0.308 e. The number of aryl methyl sites for hydroxylation is 2. The smallest absolute Gasteiger partial charge is 0.166 e. The molecule has 7 heteroatoms. The molecule has 0 radical (unpaired) electrons. The largest absolute Gasteiger partial charge is 0.308 e. The molecular weight excluding hydrogens is 248 g/mol. The van der Waals surface area contributed by atoms with Gasteiger partial charge in [0.2, 0.25) is 0 Å². The van der Waals surface area contributed by atoms with Crippen LogP contribution in [0.25, 0.3) is 21.6 Å². The maximum absolute atomic E-state index is 5.52. The number of thiophene rings is 1. The Morgan fingerprint density at radius 2 is 2.22 bits per heavy atom. The van der Waals surface area contributed by atoms with Gasteiger partial charge in [0.05, 0.1) is 17.1 Å². The van der Waals surface area contributed by atoms with Crippen molar-refractivity contribution >= 4 is 27.4 Å². The average molecular weight is 260 g/mol. The molecule has 0 aliphatic rings. The number of nitrogen functional groups attached to an aromatic ring is 1. The van der Waals surface area contributed by atoms with Crippen molar-refractivity contribution in [2.24, 2.45) is 12.9 Å². The molecule has 6 nitrogen and oxygen atoms in total. The number of nitrogens with one attached hydrogen (secondary N) is 1. The third kappa shape index (κ3) is 1.73. The van der Waals surface area contributed by atoms with Crippen LogP contribution in [0.1, 0.15) is 4.88 Å². The fourth-order valence-corrected chi connectivity index (χ4v) is 2.70. The van der Waals surface area contributed by atoms with Gasteiger partial charge >= 0.3 is 0 Å². The number of anilines is 1. The molecule has 0 fully saturated rings. The normalized spacial score (nSPS) is 11.1. The highest BCUT2D eigenvalue weighted by Crippen LogP contribution is 2.30. The average Bonchev–Trinajstić information content (AvgIpc) is 2.92. The van der Waals surface area contributed by atoms with Crippen LogP contribution in [0.2, 0.25) is 0 Å². The Kier molecular flexibility index (Phi) is 2.49. The summed E-state index contributed by atoms with van der Waals surface area (Å²) in [6.45, 7) is 2.04. The van der Waals surface area contributed by atoms with Crippen molar-refractivity contribution in [3.05, 3.63) is 23.3 Å². The summed E-state index contributed by atoms with van der Waals surface area (Å²) in [4.78, 5) is 11.1. The van der Waals surface area contributed by atoms with E-state index in [0.717, 1.165) is 15.8 Å². The molecule has 92 valence electrons. The van der Waals surface area contributed by atoms with Crippen molar-refractivity contribution in [3.63, 3.8) is 0 Å². The van der Waals surface area contributed by atoms with Gasteiger partial charge in [0.25, 0.3) is 0 Å². The fraction of sp³-hybridized carbons (Fsp3) is 0.182. The summed E-state index contributed by atoms with van der Waals surface area (Å²) in [6.07, 6.45) is 3.61. The van der Waals surface area contributed by atoms with Crippen molar-refractivity contribution in [1.82, 2.24) is 19.7 Å². The van der Waals surface area contributed by atoms with Crippen molar-refractivity contribution in [3.8, 4) is 11.4 Å². The summed E-state index contributed by atoms with van der Waals surface area (Å²) in [5.41, 5.74) is 3.51. The van der Waals surface area contributed by atoms with E-state index in [2.05, 4.69) is 20.5 Å². The second kappa shape index (κ2) is 4.04. The van der Waals surface area contributed by atoms with E-state index in [1.165, 1.54) is 4.88 Å².